The van der Waals surface area contributed by atoms with E-state index in [1.165, 1.54) is 0 Å². The van der Waals surface area contributed by atoms with Gasteiger partial charge in [0.15, 0.2) is 0 Å². The second-order valence-electron chi connectivity index (χ2n) is 5.02. The lowest BCUT2D eigenvalue weighted by molar-refractivity contribution is -0.140. The fourth-order valence-corrected chi connectivity index (χ4v) is 1.50. The molecule has 0 spiro atoms. The summed E-state index contributed by atoms with van der Waals surface area (Å²) in [5, 5.41) is 12.2. The van der Waals surface area contributed by atoms with Crippen LogP contribution < -0.4 is 5.32 Å². The number of carboxylic acids is 1. The molecule has 1 atom stereocenters. The summed E-state index contributed by atoms with van der Waals surface area (Å²) < 4.78 is 1.81. The van der Waals surface area contributed by atoms with Crippen LogP contribution in [0.5, 0.6) is 0 Å². The number of nitrogens with zero attached hydrogens (tertiary/aromatic N) is 2. The Morgan fingerprint density at radius 3 is 2.62 bits per heavy atom. The molecule has 0 aromatic carbocycles. The van der Waals surface area contributed by atoms with Gasteiger partial charge in [0, 0.05) is 25.2 Å². The minimum Gasteiger partial charge on any atom is -0.480 e. The van der Waals surface area contributed by atoms with E-state index in [4.69, 9.17) is 5.11 Å². The van der Waals surface area contributed by atoms with Crippen molar-refractivity contribution in [3.8, 4) is 0 Å². The lowest BCUT2D eigenvalue weighted by Gasteiger charge is -2.25. The van der Waals surface area contributed by atoms with E-state index >= 15 is 0 Å². The van der Waals surface area contributed by atoms with Gasteiger partial charge in [-0.15, -0.1) is 0 Å². The number of rotatable bonds is 4. The van der Waals surface area contributed by atoms with Crippen molar-refractivity contribution in [1.82, 2.24) is 14.9 Å². The Labute approximate surface area is 95.5 Å². The fourth-order valence-electron chi connectivity index (χ4n) is 1.50. The third kappa shape index (κ3) is 4.02. The van der Waals surface area contributed by atoms with Gasteiger partial charge < -0.3 is 9.67 Å². The van der Waals surface area contributed by atoms with Gasteiger partial charge in [0.05, 0.1) is 12.0 Å². The average Bonchev–Trinajstić information content (AvgIpc) is 2.47. The molecule has 1 aromatic heterocycles. The van der Waals surface area contributed by atoms with Gasteiger partial charge in [-0.25, -0.2) is 4.98 Å². The first-order chi connectivity index (χ1) is 7.28. The maximum Gasteiger partial charge on any atom is 0.321 e. The highest BCUT2D eigenvalue weighted by Crippen LogP contribution is 2.06. The zero-order chi connectivity index (χ0) is 12.3. The topological polar surface area (TPSA) is 67.2 Å². The Kier molecular flexibility index (Phi) is 3.70. The summed E-state index contributed by atoms with van der Waals surface area (Å²) in [6.45, 7) is 5.84. The number of aliphatic carboxylic acids is 1. The maximum absolute atomic E-state index is 11.1. The van der Waals surface area contributed by atoms with Crippen LogP contribution in [0.25, 0.3) is 0 Å². The normalized spacial score (nSPS) is 13.8. The third-order valence-electron chi connectivity index (χ3n) is 2.08. The summed E-state index contributed by atoms with van der Waals surface area (Å²) >= 11 is 0. The van der Waals surface area contributed by atoms with E-state index in [9.17, 15) is 4.79 Å². The van der Waals surface area contributed by atoms with E-state index in [2.05, 4.69) is 10.3 Å². The van der Waals surface area contributed by atoms with Gasteiger partial charge in [-0.3, -0.25) is 10.1 Å². The van der Waals surface area contributed by atoms with E-state index in [0.29, 0.717) is 6.42 Å². The van der Waals surface area contributed by atoms with E-state index in [1.807, 2.05) is 38.6 Å². The van der Waals surface area contributed by atoms with Crippen LogP contribution >= 0.6 is 0 Å². The second-order valence-corrected chi connectivity index (χ2v) is 5.02. The summed E-state index contributed by atoms with van der Waals surface area (Å²) in [5.74, 6) is -0.847. The van der Waals surface area contributed by atoms with Crippen molar-refractivity contribution < 1.29 is 9.90 Å². The highest BCUT2D eigenvalue weighted by atomic mass is 16.4. The largest absolute Gasteiger partial charge is 0.480 e. The molecule has 0 aliphatic heterocycles. The monoisotopic (exact) mass is 225 g/mol. The number of aromatic nitrogens is 2. The number of nitrogens with one attached hydrogen (secondary N) is 1. The van der Waals surface area contributed by atoms with Gasteiger partial charge in [0.25, 0.3) is 0 Å². The van der Waals surface area contributed by atoms with Crippen molar-refractivity contribution >= 4 is 5.97 Å². The SMILES string of the molecule is Cn1cnc(C[C@H](NC(C)(C)C)C(=O)O)c1. The minimum atomic E-state index is -0.847. The van der Waals surface area contributed by atoms with Crippen LogP contribution in [-0.2, 0) is 18.3 Å². The Hall–Kier alpha value is -1.36. The molecule has 16 heavy (non-hydrogen) atoms. The van der Waals surface area contributed by atoms with Gasteiger partial charge >= 0.3 is 5.97 Å². The van der Waals surface area contributed by atoms with Crippen molar-refractivity contribution in [3.63, 3.8) is 0 Å². The molecular formula is C11H19N3O2. The molecule has 0 amide bonds. The molecule has 1 aromatic rings. The summed E-state index contributed by atoms with van der Waals surface area (Å²) in [6.07, 6.45) is 3.90. The van der Waals surface area contributed by atoms with Crippen LogP contribution in [-0.4, -0.2) is 32.2 Å². The summed E-state index contributed by atoms with van der Waals surface area (Å²) in [7, 11) is 1.86. The Morgan fingerprint density at radius 2 is 2.25 bits per heavy atom. The van der Waals surface area contributed by atoms with Crippen LogP contribution in [0, 0.1) is 0 Å². The quantitative estimate of drug-likeness (QED) is 0.795. The molecule has 1 rings (SSSR count). The first kappa shape index (κ1) is 12.7. The number of imidazole rings is 1. The molecule has 0 fully saturated rings. The van der Waals surface area contributed by atoms with Gasteiger partial charge in [0.2, 0.25) is 0 Å². The number of aryl methyl sites for hydroxylation is 1. The van der Waals surface area contributed by atoms with Crippen molar-refractivity contribution in [2.45, 2.75) is 38.8 Å². The van der Waals surface area contributed by atoms with E-state index < -0.39 is 12.0 Å². The molecule has 0 unspecified atom stereocenters. The molecule has 0 radical (unpaired) electrons. The van der Waals surface area contributed by atoms with Gasteiger partial charge in [0.1, 0.15) is 6.04 Å². The predicted molar refractivity (Wildman–Crippen MR) is 61.2 cm³/mol. The molecule has 0 saturated heterocycles. The lowest BCUT2D eigenvalue weighted by atomic mass is 10.0. The zero-order valence-corrected chi connectivity index (χ0v) is 10.2. The van der Waals surface area contributed by atoms with Crippen LogP contribution in [0.4, 0.5) is 0 Å². The zero-order valence-electron chi connectivity index (χ0n) is 10.2. The first-order valence-electron chi connectivity index (χ1n) is 5.25. The predicted octanol–water partition coefficient (Wildman–Crippen LogP) is 0.804. The van der Waals surface area contributed by atoms with Crippen LogP contribution in [0.3, 0.4) is 0 Å². The number of carbonyl (C=O) groups is 1. The number of hydrogen-bond donors (Lipinski definition) is 2. The van der Waals surface area contributed by atoms with Crippen LogP contribution in [0.1, 0.15) is 26.5 Å². The Morgan fingerprint density at radius 1 is 1.62 bits per heavy atom. The highest BCUT2D eigenvalue weighted by Gasteiger charge is 2.24. The standard InChI is InChI=1S/C11H19N3O2/c1-11(2,3)13-9(10(15)16)5-8-6-14(4)7-12-8/h6-7,9,13H,5H2,1-4H3,(H,15,16)/t9-/m0/s1. The summed E-state index contributed by atoms with van der Waals surface area (Å²) in [6, 6.07) is -0.602. The van der Waals surface area contributed by atoms with E-state index in [-0.39, 0.29) is 5.54 Å². The molecule has 0 aliphatic carbocycles. The second kappa shape index (κ2) is 4.65. The Balaban J connectivity index is 2.69. The molecule has 5 nitrogen and oxygen atoms in total. The minimum absolute atomic E-state index is 0.224. The smallest absolute Gasteiger partial charge is 0.321 e. The van der Waals surface area contributed by atoms with Gasteiger partial charge in [-0.2, -0.15) is 0 Å². The molecule has 0 saturated carbocycles. The molecule has 0 bridgehead atoms. The third-order valence-corrected chi connectivity index (χ3v) is 2.08. The molecular weight excluding hydrogens is 206 g/mol. The van der Waals surface area contributed by atoms with E-state index in [0.717, 1.165) is 5.69 Å². The fraction of sp³-hybridized carbons (Fsp3) is 0.636. The number of hydrogen-bond acceptors (Lipinski definition) is 3. The highest BCUT2D eigenvalue weighted by molar-refractivity contribution is 5.73. The van der Waals surface area contributed by atoms with Crippen molar-refractivity contribution in [1.29, 1.82) is 0 Å². The van der Waals surface area contributed by atoms with Crippen molar-refractivity contribution in [2.24, 2.45) is 7.05 Å². The van der Waals surface area contributed by atoms with Crippen LogP contribution in [0.15, 0.2) is 12.5 Å². The van der Waals surface area contributed by atoms with Crippen molar-refractivity contribution in [3.05, 3.63) is 18.2 Å². The molecule has 1 heterocycles. The lowest BCUT2D eigenvalue weighted by Crippen LogP contribution is -2.48. The molecule has 2 N–H and O–H groups in total. The molecule has 90 valence electrons. The molecule has 5 heteroatoms. The van der Waals surface area contributed by atoms with Gasteiger partial charge in [-0.1, -0.05) is 0 Å². The summed E-state index contributed by atoms with van der Waals surface area (Å²) in [5.41, 5.74) is 0.560. The van der Waals surface area contributed by atoms with Gasteiger partial charge in [-0.05, 0) is 20.8 Å². The molecule has 0 aliphatic rings. The van der Waals surface area contributed by atoms with E-state index in [1.54, 1.807) is 6.33 Å². The Bertz CT molecular complexity index is 366. The average molecular weight is 225 g/mol. The number of carboxylic acid groups (broad SMARTS) is 1. The summed E-state index contributed by atoms with van der Waals surface area (Å²) in [4.78, 5) is 15.2. The van der Waals surface area contributed by atoms with Crippen molar-refractivity contribution in [2.75, 3.05) is 0 Å². The van der Waals surface area contributed by atoms with Crippen LogP contribution in [0.2, 0.25) is 0 Å². The first-order valence-corrected chi connectivity index (χ1v) is 5.25. The maximum atomic E-state index is 11.1.